The van der Waals surface area contributed by atoms with Crippen LogP contribution in [0.2, 0.25) is 5.04 Å². The maximum atomic E-state index is 12.9. The molecule has 2 aromatic rings. The van der Waals surface area contributed by atoms with Gasteiger partial charge in [-0.05, 0) is 47.5 Å². The van der Waals surface area contributed by atoms with Gasteiger partial charge in [0.1, 0.15) is 12.2 Å². The summed E-state index contributed by atoms with van der Waals surface area (Å²) in [4.78, 5) is 12.9. The van der Waals surface area contributed by atoms with Gasteiger partial charge in [0.25, 0.3) is 8.32 Å². The zero-order valence-corrected chi connectivity index (χ0v) is 27.3. The Labute approximate surface area is 255 Å². The summed E-state index contributed by atoms with van der Waals surface area (Å²) in [5, 5.41) is 2.28. The van der Waals surface area contributed by atoms with E-state index in [1.807, 2.05) is 6.08 Å². The molecule has 1 heterocycles. The fourth-order valence-electron chi connectivity index (χ4n) is 6.75. The zero-order chi connectivity index (χ0) is 30.1. The second kappa shape index (κ2) is 15.0. The Bertz CT molecular complexity index is 1070. The average Bonchev–Trinajstić information content (AvgIpc) is 3.39. The molecule has 42 heavy (non-hydrogen) atoms. The van der Waals surface area contributed by atoms with Gasteiger partial charge in [0.2, 0.25) is 0 Å². The third-order valence-electron chi connectivity index (χ3n) is 8.84. The highest BCUT2D eigenvalue weighted by Crippen LogP contribution is 2.43. The second-order valence-corrected chi connectivity index (χ2v) is 17.3. The molecule has 2 aromatic carbocycles. The zero-order valence-electron chi connectivity index (χ0n) is 26.3. The van der Waals surface area contributed by atoms with Crippen molar-refractivity contribution in [2.24, 2.45) is 0 Å². The van der Waals surface area contributed by atoms with Gasteiger partial charge in [0, 0.05) is 25.7 Å². The van der Waals surface area contributed by atoms with Crippen molar-refractivity contribution in [3.63, 3.8) is 0 Å². The lowest BCUT2D eigenvalue weighted by atomic mass is 9.94. The molecule has 0 aromatic heterocycles. The molecule has 6 heteroatoms. The third-order valence-corrected chi connectivity index (χ3v) is 13.9. The van der Waals surface area contributed by atoms with Crippen LogP contribution < -0.4 is 10.4 Å². The molecule has 0 bridgehead atoms. The number of rotatable bonds is 14. The SMILES string of the molecule is C=CCCCC(=O)O[C@H](CCC)C[C@@H](O[Si](c1ccccc1)(c1ccccc1)C(C)(C)C)[C@H]1COC2(CCCCC2)O1. The van der Waals surface area contributed by atoms with Crippen LogP contribution in [0.1, 0.15) is 98.3 Å². The first kappa shape index (κ1) is 32.7. The Morgan fingerprint density at radius 3 is 2.21 bits per heavy atom. The lowest BCUT2D eigenvalue weighted by Gasteiger charge is -2.46. The van der Waals surface area contributed by atoms with Gasteiger partial charge in [-0.15, -0.1) is 6.58 Å². The van der Waals surface area contributed by atoms with Crippen molar-refractivity contribution in [2.75, 3.05) is 6.61 Å². The Morgan fingerprint density at radius 2 is 1.67 bits per heavy atom. The molecule has 2 fully saturated rings. The summed E-state index contributed by atoms with van der Waals surface area (Å²) in [5.41, 5.74) is 0. The molecule has 0 N–H and O–H groups in total. The molecule has 1 saturated heterocycles. The van der Waals surface area contributed by atoms with Gasteiger partial charge in [-0.2, -0.15) is 0 Å². The van der Waals surface area contributed by atoms with Crippen LogP contribution in [-0.4, -0.2) is 45.0 Å². The Morgan fingerprint density at radius 1 is 1.05 bits per heavy atom. The van der Waals surface area contributed by atoms with Gasteiger partial charge in [0.15, 0.2) is 5.79 Å². The first-order valence-corrected chi connectivity index (χ1v) is 18.0. The normalized spacial score (nSPS) is 20.2. The molecule has 1 aliphatic carbocycles. The van der Waals surface area contributed by atoms with E-state index in [0.29, 0.717) is 19.4 Å². The molecule has 1 saturated carbocycles. The molecular formula is C36H52O5Si. The standard InChI is InChI=1S/C36H52O5Si/c1-6-8-12-24-34(37)39-29(19-7-2)27-32(33-28-38-36(40-33)25-17-11-18-26-36)41-42(35(3,4)5,30-20-13-9-14-21-30)31-22-15-10-16-23-31/h6,9-10,13-16,20-23,29,32-33H,1,7-8,11-12,17-19,24-28H2,2-5H3/t29-,32-,33-/m1/s1. The molecule has 3 atom stereocenters. The van der Waals surface area contributed by atoms with Crippen molar-refractivity contribution in [2.45, 2.75) is 127 Å². The van der Waals surface area contributed by atoms with Gasteiger partial charge in [-0.1, -0.05) is 107 Å². The minimum Gasteiger partial charge on any atom is -0.462 e. The lowest BCUT2D eigenvalue weighted by molar-refractivity contribution is -0.196. The van der Waals surface area contributed by atoms with Crippen molar-refractivity contribution in [3.8, 4) is 0 Å². The molecule has 5 nitrogen and oxygen atoms in total. The van der Waals surface area contributed by atoms with Crippen LogP contribution in [-0.2, 0) is 23.4 Å². The molecule has 0 amide bonds. The van der Waals surface area contributed by atoms with E-state index in [2.05, 4.69) is 94.9 Å². The first-order chi connectivity index (χ1) is 20.2. The highest BCUT2D eigenvalue weighted by atomic mass is 28.4. The fraction of sp³-hybridized carbons (Fsp3) is 0.583. The van der Waals surface area contributed by atoms with E-state index in [-0.39, 0.29) is 29.3 Å². The van der Waals surface area contributed by atoms with Gasteiger partial charge >= 0.3 is 5.97 Å². The number of benzene rings is 2. The van der Waals surface area contributed by atoms with Crippen LogP contribution in [0.4, 0.5) is 0 Å². The van der Waals surface area contributed by atoms with Crippen LogP contribution in [0, 0.1) is 0 Å². The van der Waals surface area contributed by atoms with Crippen molar-refractivity contribution < 1.29 is 23.4 Å². The third kappa shape index (κ3) is 7.82. The summed E-state index contributed by atoms with van der Waals surface area (Å²) in [6.45, 7) is 13.3. The summed E-state index contributed by atoms with van der Waals surface area (Å²) in [7, 11) is -2.88. The predicted molar refractivity (Wildman–Crippen MR) is 173 cm³/mol. The van der Waals surface area contributed by atoms with Crippen LogP contribution >= 0.6 is 0 Å². The topological polar surface area (TPSA) is 54.0 Å². The van der Waals surface area contributed by atoms with Gasteiger partial charge in [-0.25, -0.2) is 0 Å². The quantitative estimate of drug-likeness (QED) is 0.0986. The summed E-state index contributed by atoms with van der Waals surface area (Å²) in [5.74, 6) is -0.663. The Hall–Kier alpha value is -2.25. The van der Waals surface area contributed by atoms with E-state index in [0.717, 1.165) is 51.4 Å². The van der Waals surface area contributed by atoms with Gasteiger partial charge in [0.05, 0.1) is 12.7 Å². The van der Waals surface area contributed by atoms with E-state index in [1.54, 1.807) is 0 Å². The number of hydrogen-bond acceptors (Lipinski definition) is 5. The van der Waals surface area contributed by atoms with E-state index >= 15 is 0 Å². The number of hydrogen-bond donors (Lipinski definition) is 0. The minimum atomic E-state index is -2.88. The summed E-state index contributed by atoms with van der Waals surface area (Å²) >= 11 is 0. The predicted octanol–water partition coefficient (Wildman–Crippen LogP) is 7.47. The molecule has 1 aliphatic heterocycles. The summed E-state index contributed by atoms with van der Waals surface area (Å²) in [6, 6.07) is 21.5. The molecule has 2 aliphatic rings. The van der Waals surface area contributed by atoms with E-state index < -0.39 is 14.1 Å². The molecule has 230 valence electrons. The number of unbranched alkanes of at least 4 members (excludes halogenated alkanes) is 1. The summed E-state index contributed by atoms with van der Waals surface area (Å²) < 4.78 is 27.2. The average molecular weight is 593 g/mol. The van der Waals surface area contributed by atoms with Gasteiger partial charge < -0.3 is 18.6 Å². The molecule has 1 spiro atoms. The monoisotopic (exact) mass is 592 g/mol. The van der Waals surface area contributed by atoms with Crippen molar-refractivity contribution in [1.82, 2.24) is 0 Å². The van der Waals surface area contributed by atoms with Crippen molar-refractivity contribution in [1.29, 1.82) is 0 Å². The minimum absolute atomic E-state index is 0.146. The number of esters is 1. The molecule has 0 unspecified atom stereocenters. The molecule has 4 rings (SSSR count). The number of carbonyl (C=O) groups excluding carboxylic acids is 1. The number of allylic oxidation sites excluding steroid dienone is 1. The molecule has 0 radical (unpaired) electrons. The smallest absolute Gasteiger partial charge is 0.306 e. The lowest BCUT2D eigenvalue weighted by Crippen LogP contribution is -2.68. The summed E-state index contributed by atoms with van der Waals surface area (Å²) in [6.07, 6.45) is 10.6. The molecular weight excluding hydrogens is 540 g/mol. The van der Waals surface area contributed by atoms with Crippen LogP contribution in [0.3, 0.4) is 0 Å². The second-order valence-electron chi connectivity index (χ2n) is 13.1. The number of carbonyl (C=O) groups is 1. The maximum Gasteiger partial charge on any atom is 0.306 e. The highest BCUT2D eigenvalue weighted by molar-refractivity contribution is 6.99. The van der Waals surface area contributed by atoms with Crippen molar-refractivity contribution >= 4 is 24.7 Å². The fourth-order valence-corrected chi connectivity index (χ4v) is 11.5. The largest absolute Gasteiger partial charge is 0.462 e. The highest BCUT2D eigenvalue weighted by Gasteiger charge is 2.54. The van der Waals surface area contributed by atoms with Crippen LogP contribution in [0.5, 0.6) is 0 Å². The van der Waals surface area contributed by atoms with E-state index in [9.17, 15) is 4.79 Å². The Balaban J connectivity index is 1.73. The van der Waals surface area contributed by atoms with Gasteiger partial charge in [-0.3, -0.25) is 4.79 Å². The maximum absolute atomic E-state index is 12.9. The first-order valence-electron chi connectivity index (χ1n) is 16.1. The van der Waals surface area contributed by atoms with E-state index in [4.69, 9.17) is 18.6 Å². The van der Waals surface area contributed by atoms with Crippen LogP contribution in [0.25, 0.3) is 0 Å². The Kier molecular flexibility index (Phi) is 11.6. The van der Waals surface area contributed by atoms with E-state index in [1.165, 1.54) is 16.8 Å². The number of ether oxygens (including phenoxy) is 3. The van der Waals surface area contributed by atoms with Crippen molar-refractivity contribution in [3.05, 3.63) is 73.3 Å². The van der Waals surface area contributed by atoms with Crippen LogP contribution in [0.15, 0.2) is 73.3 Å².